The molecule has 2 aliphatic heterocycles. The fourth-order valence-corrected chi connectivity index (χ4v) is 3.24. The first-order valence-corrected chi connectivity index (χ1v) is 8.47. The summed E-state index contributed by atoms with van der Waals surface area (Å²) in [5.74, 6) is 0.606. The number of anilines is 1. The molecule has 2 atom stereocenters. The topological polar surface area (TPSA) is 38.2 Å². The Bertz CT molecular complexity index is 641. The lowest BCUT2D eigenvalue weighted by molar-refractivity contribution is 0.0989. The molecule has 2 bridgehead atoms. The van der Waals surface area contributed by atoms with Crippen molar-refractivity contribution in [3.8, 4) is 0 Å². The Kier molecular flexibility index (Phi) is 5.05. The molecule has 0 saturated carbocycles. The summed E-state index contributed by atoms with van der Waals surface area (Å²) >= 11 is 6.55. The van der Waals surface area contributed by atoms with Gasteiger partial charge in [0, 0.05) is 34.0 Å². The molecular formula is C15H14Br2FN3O. The smallest absolute Gasteiger partial charge is 0.213 e. The number of aromatic nitrogens is 2. The van der Waals surface area contributed by atoms with Gasteiger partial charge >= 0.3 is 0 Å². The summed E-state index contributed by atoms with van der Waals surface area (Å²) in [5.41, 5.74) is 0. The van der Waals surface area contributed by atoms with Crippen molar-refractivity contribution >= 4 is 37.7 Å². The molecule has 2 aromatic rings. The lowest BCUT2D eigenvalue weighted by Crippen LogP contribution is -2.37. The number of fused-ring (bicyclic) bond motifs is 2. The van der Waals surface area contributed by atoms with Gasteiger partial charge in [0.25, 0.3) is 0 Å². The van der Waals surface area contributed by atoms with E-state index in [1.165, 1.54) is 12.3 Å². The molecule has 0 aliphatic carbocycles. The number of rotatable bonds is 1. The van der Waals surface area contributed by atoms with Gasteiger partial charge in [-0.15, -0.1) is 0 Å². The summed E-state index contributed by atoms with van der Waals surface area (Å²) in [5, 5.41) is 0. The van der Waals surface area contributed by atoms with E-state index >= 15 is 0 Å². The fourth-order valence-electron chi connectivity index (χ4n) is 2.61. The summed E-state index contributed by atoms with van der Waals surface area (Å²) in [7, 11) is 0. The van der Waals surface area contributed by atoms with Crippen molar-refractivity contribution in [2.45, 2.75) is 18.6 Å². The predicted octanol–water partition coefficient (Wildman–Crippen LogP) is 3.80. The normalized spacial score (nSPS) is 22.4. The standard InChI is InChI=1S/C10H11BrN2O.C5H3BrFN/c11-7-1-2-12-10(3-7)13-5-9-4-8(13)6-14-9;6-4-1-2-8-5(7)3-4/h1-3,8-9H,4-6H2;1-3H/t8-,9-;/m1./s1. The van der Waals surface area contributed by atoms with E-state index < -0.39 is 5.95 Å². The second-order valence-corrected chi connectivity index (χ2v) is 6.96. The highest BCUT2D eigenvalue weighted by molar-refractivity contribution is 9.10. The fraction of sp³-hybridized carbons (Fsp3) is 0.333. The van der Waals surface area contributed by atoms with Crippen molar-refractivity contribution in [3.63, 3.8) is 0 Å². The summed E-state index contributed by atoms with van der Waals surface area (Å²) in [4.78, 5) is 10.1. The highest BCUT2D eigenvalue weighted by Crippen LogP contribution is 2.32. The van der Waals surface area contributed by atoms with Gasteiger partial charge in [-0.2, -0.15) is 4.39 Å². The Morgan fingerprint density at radius 3 is 2.36 bits per heavy atom. The van der Waals surface area contributed by atoms with Crippen LogP contribution in [0.15, 0.2) is 45.6 Å². The van der Waals surface area contributed by atoms with Gasteiger partial charge in [-0.25, -0.2) is 9.97 Å². The Balaban J connectivity index is 0.000000154. The zero-order chi connectivity index (χ0) is 15.5. The van der Waals surface area contributed by atoms with E-state index in [0.29, 0.717) is 16.6 Å². The van der Waals surface area contributed by atoms with Crippen LogP contribution in [0.5, 0.6) is 0 Å². The third kappa shape index (κ3) is 3.83. The second-order valence-electron chi connectivity index (χ2n) is 5.13. The molecule has 2 fully saturated rings. The Morgan fingerprint density at radius 1 is 1.14 bits per heavy atom. The van der Waals surface area contributed by atoms with Crippen LogP contribution in [0.1, 0.15) is 6.42 Å². The van der Waals surface area contributed by atoms with E-state index in [2.05, 4.69) is 52.8 Å². The van der Waals surface area contributed by atoms with Gasteiger partial charge in [-0.05, 0) is 24.6 Å². The lowest BCUT2D eigenvalue weighted by atomic mass is 10.2. The molecule has 2 aliphatic rings. The number of morpholine rings is 1. The number of hydrogen-bond acceptors (Lipinski definition) is 4. The van der Waals surface area contributed by atoms with Gasteiger partial charge in [0.05, 0.1) is 18.8 Å². The molecule has 0 spiro atoms. The van der Waals surface area contributed by atoms with Crippen LogP contribution >= 0.6 is 31.9 Å². The first kappa shape index (κ1) is 15.8. The number of halogens is 3. The predicted molar refractivity (Wildman–Crippen MR) is 89.3 cm³/mol. The number of hydrogen-bond donors (Lipinski definition) is 0. The largest absolute Gasteiger partial charge is 0.374 e. The molecule has 4 rings (SSSR count). The maximum absolute atomic E-state index is 12.0. The van der Waals surface area contributed by atoms with E-state index in [1.807, 2.05) is 12.3 Å². The highest BCUT2D eigenvalue weighted by Gasteiger charge is 2.39. The van der Waals surface area contributed by atoms with Gasteiger partial charge in [-0.3, -0.25) is 0 Å². The van der Waals surface area contributed by atoms with Crippen LogP contribution < -0.4 is 4.90 Å². The molecule has 0 aromatic carbocycles. The van der Waals surface area contributed by atoms with E-state index in [9.17, 15) is 4.39 Å². The van der Waals surface area contributed by atoms with Gasteiger partial charge in [-0.1, -0.05) is 31.9 Å². The van der Waals surface area contributed by atoms with Crippen LogP contribution in [-0.2, 0) is 4.74 Å². The highest BCUT2D eigenvalue weighted by atomic mass is 79.9. The van der Waals surface area contributed by atoms with E-state index in [1.54, 1.807) is 6.07 Å². The van der Waals surface area contributed by atoms with Crippen LogP contribution in [0.2, 0.25) is 0 Å². The monoisotopic (exact) mass is 429 g/mol. The molecule has 0 unspecified atom stereocenters. The summed E-state index contributed by atoms with van der Waals surface area (Å²) < 4.78 is 19.4. The van der Waals surface area contributed by atoms with Gasteiger partial charge in [0.1, 0.15) is 5.82 Å². The third-order valence-corrected chi connectivity index (χ3v) is 4.58. The minimum absolute atomic E-state index is 0.431. The maximum atomic E-state index is 12.0. The van der Waals surface area contributed by atoms with Crippen molar-refractivity contribution < 1.29 is 9.13 Å². The summed E-state index contributed by atoms with van der Waals surface area (Å²) in [6.45, 7) is 1.85. The average molecular weight is 431 g/mol. The molecule has 0 N–H and O–H groups in total. The summed E-state index contributed by atoms with van der Waals surface area (Å²) in [6, 6.07) is 7.54. The molecule has 116 valence electrons. The number of ether oxygens (including phenoxy) is 1. The lowest BCUT2D eigenvalue weighted by Gasteiger charge is -2.27. The van der Waals surface area contributed by atoms with Crippen LogP contribution in [0, 0.1) is 5.95 Å². The molecule has 7 heteroatoms. The Hall–Kier alpha value is -1.05. The zero-order valence-electron chi connectivity index (χ0n) is 11.6. The molecule has 0 amide bonds. The molecule has 22 heavy (non-hydrogen) atoms. The van der Waals surface area contributed by atoms with Crippen molar-refractivity contribution in [1.29, 1.82) is 0 Å². The van der Waals surface area contributed by atoms with E-state index in [0.717, 1.165) is 29.9 Å². The minimum Gasteiger partial charge on any atom is -0.374 e. The first-order valence-electron chi connectivity index (χ1n) is 6.88. The number of nitrogens with zero attached hydrogens (tertiary/aromatic N) is 3. The zero-order valence-corrected chi connectivity index (χ0v) is 14.8. The van der Waals surface area contributed by atoms with E-state index in [-0.39, 0.29) is 0 Å². The van der Waals surface area contributed by atoms with Crippen LogP contribution in [0.3, 0.4) is 0 Å². The molecule has 4 heterocycles. The molecule has 2 saturated heterocycles. The van der Waals surface area contributed by atoms with Crippen molar-refractivity contribution in [2.75, 3.05) is 18.1 Å². The molecule has 2 aromatic heterocycles. The first-order chi connectivity index (χ1) is 10.6. The van der Waals surface area contributed by atoms with Gasteiger partial charge in [0.2, 0.25) is 5.95 Å². The van der Waals surface area contributed by atoms with Crippen molar-refractivity contribution in [1.82, 2.24) is 9.97 Å². The quantitative estimate of drug-likeness (QED) is 0.645. The molecule has 4 nitrogen and oxygen atoms in total. The molecular weight excluding hydrogens is 417 g/mol. The van der Waals surface area contributed by atoms with Gasteiger partial charge < -0.3 is 9.64 Å². The number of pyridine rings is 2. The van der Waals surface area contributed by atoms with Crippen molar-refractivity contribution in [3.05, 3.63) is 51.6 Å². The van der Waals surface area contributed by atoms with Crippen LogP contribution in [0.4, 0.5) is 10.2 Å². The Morgan fingerprint density at radius 2 is 1.86 bits per heavy atom. The molecule has 0 radical (unpaired) electrons. The maximum Gasteiger partial charge on any atom is 0.213 e. The van der Waals surface area contributed by atoms with Gasteiger partial charge in [0.15, 0.2) is 0 Å². The minimum atomic E-state index is -0.459. The summed E-state index contributed by atoms with van der Waals surface area (Å²) in [6.07, 6.45) is 4.83. The Labute approximate surface area is 145 Å². The van der Waals surface area contributed by atoms with Crippen LogP contribution in [-0.4, -0.2) is 35.3 Å². The van der Waals surface area contributed by atoms with Crippen molar-refractivity contribution in [2.24, 2.45) is 0 Å². The third-order valence-electron chi connectivity index (χ3n) is 3.59. The van der Waals surface area contributed by atoms with Crippen LogP contribution in [0.25, 0.3) is 0 Å². The van der Waals surface area contributed by atoms with E-state index in [4.69, 9.17) is 4.74 Å². The average Bonchev–Trinajstić information content (AvgIpc) is 3.10. The SMILES string of the molecule is Brc1ccnc(N2C[C@H]3C[C@@H]2CO3)c1.Fc1cc(Br)ccn1. The second kappa shape index (κ2) is 7.02.